The molecule has 1 aliphatic heterocycles. The molecule has 2 N–H and O–H groups in total. The fourth-order valence-corrected chi connectivity index (χ4v) is 4.94. The Balaban J connectivity index is 2.31. The molecule has 4 nitrogen and oxygen atoms in total. The first-order valence-electron chi connectivity index (χ1n) is 6.12. The molecule has 1 saturated heterocycles. The predicted octanol–water partition coefficient (Wildman–Crippen LogP) is 1.92. The molecule has 0 spiro atoms. The monoisotopic (exact) mass is 304 g/mol. The van der Waals surface area contributed by atoms with Crippen LogP contribution in [0, 0.1) is 5.82 Å². The summed E-state index contributed by atoms with van der Waals surface area (Å²) in [6, 6.07) is 3.69. The van der Waals surface area contributed by atoms with Gasteiger partial charge in [-0.2, -0.15) is 16.1 Å². The highest BCUT2D eigenvalue weighted by atomic mass is 32.2. The van der Waals surface area contributed by atoms with Crippen molar-refractivity contribution < 1.29 is 12.8 Å². The lowest BCUT2D eigenvalue weighted by Gasteiger charge is -2.31. The van der Waals surface area contributed by atoms with Crippen molar-refractivity contribution in [3.63, 3.8) is 0 Å². The van der Waals surface area contributed by atoms with E-state index in [-0.39, 0.29) is 15.8 Å². The number of thioether (sulfide) groups is 1. The molecule has 0 saturated carbocycles. The molecule has 0 radical (unpaired) electrons. The summed E-state index contributed by atoms with van der Waals surface area (Å²) in [5.41, 5.74) is 5.66. The highest BCUT2D eigenvalue weighted by Crippen LogP contribution is 2.27. The van der Waals surface area contributed by atoms with Crippen LogP contribution in [0.4, 0.5) is 10.1 Å². The number of hydrogen-bond donors (Lipinski definition) is 1. The van der Waals surface area contributed by atoms with E-state index in [0.717, 1.165) is 18.2 Å². The van der Waals surface area contributed by atoms with E-state index in [4.69, 9.17) is 5.73 Å². The van der Waals surface area contributed by atoms with Crippen molar-refractivity contribution >= 4 is 27.5 Å². The van der Waals surface area contributed by atoms with Crippen molar-refractivity contribution in [3.05, 3.63) is 24.0 Å². The van der Waals surface area contributed by atoms with Crippen LogP contribution in [0.15, 0.2) is 23.1 Å². The Bertz CT molecular complexity index is 563. The summed E-state index contributed by atoms with van der Waals surface area (Å²) in [6.45, 7) is 2.89. The molecule has 1 aromatic carbocycles. The largest absolute Gasteiger partial charge is 0.399 e. The maximum Gasteiger partial charge on any atom is 0.246 e. The number of anilines is 1. The molecule has 0 aliphatic carbocycles. The van der Waals surface area contributed by atoms with E-state index in [9.17, 15) is 12.8 Å². The highest BCUT2D eigenvalue weighted by molar-refractivity contribution is 8.00. The van der Waals surface area contributed by atoms with Crippen LogP contribution >= 0.6 is 11.8 Å². The van der Waals surface area contributed by atoms with E-state index in [0.29, 0.717) is 13.1 Å². The number of hydrogen-bond acceptors (Lipinski definition) is 4. The first-order chi connectivity index (χ1) is 8.95. The lowest BCUT2D eigenvalue weighted by molar-refractivity contribution is 0.412. The Morgan fingerprint density at radius 2 is 2.26 bits per heavy atom. The van der Waals surface area contributed by atoms with E-state index >= 15 is 0 Å². The minimum absolute atomic E-state index is 0.220. The SMILES string of the molecule is CCC1CN(S(=O)(=O)c2ccc(N)cc2F)CCS1. The van der Waals surface area contributed by atoms with Gasteiger partial charge in [-0.15, -0.1) is 0 Å². The molecule has 1 aromatic rings. The molecule has 0 amide bonds. The third-order valence-electron chi connectivity index (χ3n) is 3.13. The molecule has 0 bridgehead atoms. The van der Waals surface area contributed by atoms with Gasteiger partial charge in [-0.25, -0.2) is 12.8 Å². The third-order valence-corrected chi connectivity index (χ3v) is 6.40. The molecule has 1 heterocycles. The Labute approximate surface area is 117 Å². The minimum Gasteiger partial charge on any atom is -0.399 e. The Kier molecular flexibility index (Phi) is 4.37. The van der Waals surface area contributed by atoms with Gasteiger partial charge in [0.1, 0.15) is 10.7 Å². The normalized spacial score (nSPS) is 21.5. The number of benzene rings is 1. The number of sulfonamides is 1. The topological polar surface area (TPSA) is 63.4 Å². The maximum absolute atomic E-state index is 13.8. The second-order valence-corrected chi connectivity index (χ2v) is 7.77. The van der Waals surface area contributed by atoms with Crippen LogP contribution in [0.1, 0.15) is 13.3 Å². The summed E-state index contributed by atoms with van der Waals surface area (Å²) in [7, 11) is -3.76. The zero-order valence-corrected chi connectivity index (χ0v) is 12.3. The lowest BCUT2D eigenvalue weighted by Crippen LogP contribution is -2.41. The van der Waals surface area contributed by atoms with E-state index in [1.54, 1.807) is 11.8 Å². The van der Waals surface area contributed by atoms with Gasteiger partial charge < -0.3 is 5.73 Å². The molecule has 7 heteroatoms. The van der Waals surface area contributed by atoms with Crippen molar-refractivity contribution in [1.29, 1.82) is 0 Å². The molecule has 0 aromatic heterocycles. The Hall–Kier alpha value is -0.790. The summed E-state index contributed by atoms with van der Waals surface area (Å²) >= 11 is 1.77. The number of nitrogens with zero attached hydrogens (tertiary/aromatic N) is 1. The molecule has 106 valence electrons. The van der Waals surface area contributed by atoms with Crippen LogP contribution in [0.2, 0.25) is 0 Å². The number of rotatable bonds is 3. The standard InChI is InChI=1S/C12H17FN2O2S2/c1-2-10-8-15(5-6-18-10)19(16,17)12-4-3-9(14)7-11(12)13/h3-4,7,10H,2,5-6,8,14H2,1H3. The lowest BCUT2D eigenvalue weighted by atomic mass is 10.3. The van der Waals surface area contributed by atoms with Gasteiger partial charge in [-0.05, 0) is 24.6 Å². The van der Waals surface area contributed by atoms with E-state index in [2.05, 4.69) is 0 Å². The molecule has 2 rings (SSSR count). The average molecular weight is 304 g/mol. The number of nitrogen functional groups attached to an aromatic ring is 1. The predicted molar refractivity (Wildman–Crippen MR) is 76.1 cm³/mol. The van der Waals surface area contributed by atoms with Gasteiger partial charge in [0.05, 0.1) is 0 Å². The summed E-state index contributed by atoms with van der Waals surface area (Å²) in [5.74, 6) is -0.0415. The van der Waals surface area contributed by atoms with Crippen LogP contribution < -0.4 is 5.73 Å². The smallest absolute Gasteiger partial charge is 0.246 e. The average Bonchev–Trinajstić information content (AvgIpc) is 2.38. The van der Waals surface area contributed by atoms with Crippen molar-refractivity contribution in [1.82, 2.24) is 4.31 Å². The van der Waals surface area contributed by atoms with Crippen molar-refractivity contribution in [3.8, 4) is 0 Å². The number of halogens is 1. The van der Waals surface area contributed by atoms with E-state index in [1.807, 2.05) is 6.92 Å². The first kappa shape index (κ1) is 14.6. The number of nitrogens with two attached hydrogens (primary N) is 1. The van der Waals surface area contributed by atoms with Crippen LogP contribution in [0.3, 0.4) is 0 Å². The summed E-state index contributed by atoms with van der Waals surface area (Å²) < 4.78 is 40.0. The van der Waals surface area contributed by atoms with Gasteiger partial charge in [0.15, 0.2) is 0 Å². The molecule has 1 atom stereocenters. The summed E-state index contributed by atoms with van der Waals surface area (Å²) in [5, 5.41) is 0.278. The van der Waals surface area contributed by atoms with Crippen molar-refractivity contribution in [2.24, 2.45) is 0 Å². The third kappa shape index (κ3) is 3.04. The fraction of sp³-hybridized carbons (Fsp3) is 0.500. The van der Waals surface area contributed by atoms with Crippen LogP contribution in [0.25, 0.3) is 0 Å². The quantitative estimate of drug-likeness (QED) is 0.867. The van der Waals surface area contributed by atoms with Gasteiger partial charge in [0, 0.05) is 29.8 Å². The fourth-order valence-electron chi connectivity index (χ4n) is 2.02. The molecule has 1 fully saturated rings. The van der Waals surface area contributed by atoms with Gasteiger partial charge in [0.25, 0.3) is 0 Å². The molecule has 19 heavy (non-hydrogen) atoms. The second kappa shape index (κ2) is 5.68. The Morgan fingerprint density at radius 1 is 1.53 bits per heavy atom. The molecular formula is C12H17FN2O2S2. The van der Waals surface area contributed by atoms with Gasteiger partial charge in [0.2, 0.25) is 10.0 Å². The zero-order valence-electron chi connectivity index (χ0n) is 10.7. The first-order valence-corrected chi connectivity index (χ1v) is 8.60. The summed E-state index contributed by atoms with van der Waals surface area (Å²) in [4.78, 5) is -0.288. The molecule has 1 unspecified atom stereocenters. The van der Waals surface area contributed by atoms with Gasteiger partial charge in [-0.1, -0.05) is 6.92 Å². The van der Waals surface area contributed by atoms with E-state index in [1.165, 1.54) is 16.4 Å². The van der Waals surface area contributed by atoms with Gasteiger partial charge in [-0.3, -0.25) is 0 Å². The zero-order chi connectivity index (χ0) is 14.0. The van der Waals surface area contributed by atoms with Crippen LogP contribution in [-0.2, 0) is 10.0 Å². The van der Waals surface area contributed by atoms with Crippen molar-refractivity contribution in [2.75, 3.05) is 24.6 Å². The van der Waals surface area contributed by atoms with Crippen molar-refractivity contribution in [2.45, 2.75) is 23.5 Å². The van der Waals surface area contributed by atoms with Crippen LogP contribution in [-0.4, -0.2) is 36.8 Å². The second-order valence-electron chi connectivity index (χ2n) is 4.45. The molecular weight excluding hydrogens is 287 g/mol. The minimum atomic E-state index is -3.76. The van der Waals surface area contributed by atoms with Crippen LogP contribution in [0.5, 0.6) is 0 Å². The van der Waals surface area contributed by atoms with E-state index < -0.39 is 15.8 Å². The maximum atomic E-state index is 13.8. The van der Waals surface area contributed by atoms with Gasteiger partial charge >= 0.3 is 0 Å². The Morgan fingerprint density at radius 3 is 2.89 bits per heavy atom. The summed E-state index contributed by atoms with van der Waals surface area (Å²) in [6.07, 6.45) is 0.904. The molecule has 1 aliphatic rings. The highest BCUT2D eigenvalue weighted by Gasteiger charge is 2.31.